The highest BCUT2D eigenvalue weighted by Crippen LogP contribution is 2.44. The average Bonchev–Trinajstić information content (AvgIpc) is 3.23. The summed E-state index contributed by atoms with van der Waals surface area (Å²) in [6.45, 7) is 10.1. The van der Waals surface area contributed by atoms with Crippen molar-refractivity contribution >= 4 is 29.3 Å². The number of nitrogens with zero attached hydrogens (tertiary/aromatic N) is 3. The molecule has 0 radical (unpaired) electrons. The third-order valence-corrected chi connectivity index (χ3v) is 7.66. The second-order valence-corrected chi connectivity index (χ2v) is 11.8. The molecule has 0 unspecified atom stereocenters. The van der Waals surface area contributed by atoms with E-state index in [0.717, 1.165) is 42.8 Å². The topological polar surface area (TPSA) is 59.4 Å². The van der Waals surface area contributed by atoms with E-state index in [0.29, 0.717) is 19.0 Å². The summed E-state index contributed by atoms with van der Waals surface area (Å²) in [7, 11) is 0. The molecule has 2 aliphatic heterocycles. The fourth-order valence-corrected chi connectivity index (χ4v) is 5.78. The van der Waals surface area contributed by atoms with Gasteiger partial charge in [0.15, 0.2) is 0 Å². The van der Waals surface area contributed by atoms with Crippen LogP contribution in [0, 0.1) is 12.8 Å². The van der Waals surface area contributed by atoms with Gasteiger partial charge in [-0.25, -0.2) is 9.78 Å². The third-order valence-electron chi connectivity index (χ3n) is 7.43. The van der Waals surface area contributed by atoms with Gasteiger partial charge in [-0.3, -0.25) is 0 Å². The van der Waals surface area contributed by atoms with Crippen LogP contribution in [0.5, 0.6) is 0 Å². The lowest BCUT2D eigenvalue weighted by molar-refractivity contribution is 0.0199. The Morgan fingerprint density at radius 1 is 1.24 bits per heavy atom. The molecule has 0 bridgehead atoms. The van der Waals surface area contributed by atoms with Gasteiger partial charge in [-0.05, 0) is 99.8 Å². The number of likely N-dealkylation sites (tertiary alicyclic amines) is 1. The minimum Gasteiger partial charge on any atom is -0.444 e. The molecule has 200 valence electrons. The average molecular weight is 533 g/mol. The minimum absolute atomic E-state index is 0.224. The molecule has 3 heterocycles. The number of dihydropyridines is 1. The second kappa shape index (κ2) is 10.9. The lowest BCUT2D eigenvalue weighted by Gasteiger charge is -2.35. The van der Waals surface area contributed by atoms with E-state index in [1.54, 1.807) is 0 Å². The number of carbonyl (C=O) groups excluding carboxylic acids is 1. The van der Waals surface area contributed by atoms with E-state index in [-0.39, 0.29) is 6.09 Å². The van der Waals surface area contributed by atoms with E-state index < -0.39 is 5.60 Å². The van der Waals surface area contributed by atoms with Crippen molar-refractivity contribution in [2.24, 2.45) is 5.92 Å². The summed E-state index contributed by atoms with van der Waals surface area (Å²) in [5, 5.41) is 4.35. The zero-order chi connectivity index (χ0) is 26.9. The molecule has 1 aromatic heterocycles. The monoisotopic (exact) mass is 532 g/mol. The maximum atomic E-state index is 12.7. The Bertz CT molecular complexity index is 1330. The van der Waals surface area contributed by atoms with Crippen LogP contribution in [0.2, 0.25) is 5.02 Å². The quantitative estimate of drug-likeness (QED) is 0.445. The van der Waals surface area contributed by atoms with Crippen LogP contribution in [0.25, 0.3) is 11.6 Å². The molecule has 1 N–H and O–H groups in total. The first-order valence-corrected chi connectivity index (χ1v) is 13.9. The predicted molar refractivity (Wildman–Crippen MR) is 153 cm³/mol. The van der Waals surface area contributed by atoms with Gasteiger partial charge in [-0.1, -0.05) is 29.8 Å². The number of ether oxygens (including phenoxy) is 1. The summed E-state index contributed by atoms with van der Waals surface area (Å²) < 4.78 is 7.84. The molecule has 0 atom stereocenters. The van der Waals surface area contributed by atoms with Crippen LogP contribution in [0.1, 0.15) is 63.3 Å². The Morgan fingerprint density at radius 3 is 2.74 bits per heavy atom. The van der Waals surface area contributed by atoms with Gasteiger partial charge in [-0.15, -0.1) is 0 Å². The number of fused-ring (bicyclic) bond motifs is 2. The molecular formula is C31H37ClN4O2. The third kappa shape index (κ3) is 5.75. The van der Waals surface area contributed by atoms with E-state index >= 15 is 0 Å². The van der Waals surface area contributed by atoms with Crippen molar-refractivity contribution in [3.8, 4) is 0 Å². The largest absolute Gasteiger partial charge is 0.444 e. The van der Waals surface area contributed by atoms with Crippen molar-refractivity contribution in [1.82, 2.24) is 19.8 Å². The molecule has 1 amide bonds. The fourth-order valence-electron chi connectivity index (χ4n) is 5.59. The maximum Gasteiger partial charge on any atom is 0.410 e. The number of aromatic nitrogens is 2. The number of amides is 1. The molecule has 5 rings (SSSR count). The molecule has 38 heavy (non-hydrogen) atoms. The number of piperidine rings is 1. The normalized spacial score (nSPS) is 17.8. The number of aryl methyl sites for hydroxylation is 2. The smallest absolute Gasteiger partial charge is 0.410 e. The van der Waals surface area contributed by atoms with Crippen molar-refractivity contribution < 1.29 is 9.53 Å². The van der Waals surface area contributed by atoms with E-state index in [1.807, 2.05) is 50.5 Å². The van der Waals surface area contributed by atoms with Crippen LogP contribution in [0.4, 0.5) is 4.79 Å². The number of halogens is 1. The van der Waals surface area contributed by atoms with Crippen LogP contribution in [-0.2, 0) is 11.3 Å². The Balaban J connectivity index is 1.43. The number of imidazole rings is 1. The lowest BCUT2D eigenvalue weighted by atomic mass is 9.81. The second-order valence-electron chi connectivity index (χ2n) is 11.3. The number of hydrogen-bond donors (Lipinski definition) is 1. The number of carbonyl (C=O) groups is 1. The maximum absolute atomic E-state index is 12.7. The van der Waals surface area contributed by atoms with Crippen LogP contribution in [0.15, 0.2) is 65.9 Å². The van der Waals surface area contributed by atoms with Crippen molar-refractivity contribution in [2.45, 2.75) is 65.5 Å². The first-order chi connectivity index (χ1) is 18.2. The fraction of sp³-hybridized carbons (Fsp3) is 0.419. The molecule has 1 aromatic carbocycles. The van der Waals surface area contributed by atoms with Gasteiger partial charge in [0.1, 0.15) is 5.60 Å². The minimum atomic E-state index is -0.491. The summed E-state index contributed by atoms with van der Waals surface area (Å²) in [4.78, 5) is 18.8. The highest BCUT2D eigenvalue weighted by molar-refractivity contribution is 6.30. The van der Waals surface area contributed by atoms with E-state index in [4.69, 9.17) is 16.3 Å². The van der Waals surface area contributed by atoms with Crippen LogP contribution in [0.3, 0.4) is 0 Å². The number of rotatable bonds is 5. The summed E-state index contributed by atoms with van der Waals surface area (Å²) in [5.74, 6) is 0.312. The first-order valence-electron chi connectivity index (χ1n) is 13.5. The standard InChI is InChI=1S/C31H37ClN4O2/c1-21-19-33-20-36(21)14-6-7-23-17-24-18-25(32)9-10-26(24)28(29-27(23)8-5-13-34-29)22-11-15-35(16-12-22)30(37)38-31(2,3)4/h5,8-10,13,17-20,22,34H,6-7,11-12,14-16H2,1-4H3. The molecule has 7 heteroatoms. The highest BCUT2D eigenvalue weighted by Gasteiger charge is 2.33. The number of nitrogens with one attached hydrogen (secondary N) is 1. The van der Waals surface area contributed by atoms with Gasteiger partial charge in [0.2, 0.25) is 0 Å². The molecule has 2 aromatic rings. The molecular weight excluding hydrogens is 496 g/mol. The van der Waals surface area contributed by atoms with Gasteiger partial charge in [0.05, 0.1) is 6.33 Å². The van der Waals surface area contributed by atoms with Gasteiger partial charge in [0, 0.05) is 54.0 Å². The molecule has 6 nitrogen and oxygen atoms in total. The zero-order valence-corrected chi connectivity index (χ0v) is 23.5. The summed E-state index contributed by atoms with van der Waals surface area (Å²) in [6.07, 6.45) is 15.9. The van der Waals surface area contributed by atoms with Gasteiger partial charge in [0.25, 0.3) is 0 Å². The van der Waals surface area contributed by atoms with Crippen molar-refractivity contribution in [2.75, 3.05) is 13.1 Å². The summed E-state index contributed by atoms with van der Waals surface area (Å²) in [6, 6.07) is 6.23. The van der Waals surface area contributed by atoms with E-state index in [1.165, 1.54) is 33.7 Å². The van der Waals surface area contributed by atoms with Crippen LogP contribution >= 0.6 is 11.6 Å². The van der Waals surface area contributed by atoms with Crippen molar-refractivity contribution in [3.63, 3.8) is 0 Å². The Labute approximate surface area is 230 Å². The Hall–Kier alpha value is -3.25. The van der Waals surface area contributed by atoms with E-state index in [2.05, 4.69) is 52.2 Å². The number of allylic oxidation sites excluding steroid dienone is 4. The molecule has 0 spiro atoms. The lowest BCUT2D eigenvalue weighted by Crippen LogP contribution is -2.42. The zero-order valence-electron chi connectivity index (χ0n) is 22.8. The predicted octanol–water partition coefficient (Wildman–Crippen LogP) is 7.12. The Kier molecular flexibility index (Phi) is 7.53. The van der Waals surface area contributed by atoms with Crippen molar-refractivity contribution in [1.29, 1.82) is 0 Å². The van der Waals surface area contributed by atoms with Crippen LogP contribution < -0.4 is 5.32 Å². The number of hydrogen-bond acceptors (Lipinski definition) is 4. The number of benzene rings is 1. The highest BCUT2D eigenvalue weighted by atomic mass is 35.5. The van der Waals surface area contributed by atoms with Crippen LogP contribution in [-0.4, -0.2) is 39.2 Å². The summed E-state index contributed by atoms with van der Waals surface area (Å²) >= 11 is 6.50. The first kappa shape index (κ1) is 26.4. The molecule has 1 saturated heterocycles. The van der Waals surface area contributed by atoms with Gasteiger partial charge in [-0.2, -0.15) is 0 Å². The van der Waals surface area contributed by atoms with Gasteiger partial charge < -0.3 is 19.5 Å². The molecule has 3 aliphatic rings. The van der Waals surface area contributed by atoms with E-state index in [9.17, 15) is 4.79 Å². The summed E-state index contributed by atoms with van der Waals surface area (Å²) in [5.41, 5.74) is 8.09. The molecule has 1 fully saturated rings. The van der Waals surface area contributed by atoms with Gasteiger partial charge >= 0.3 is 6.09 Å². The SMILES string of the molecule is Cc1cncn1CCCC1=Cc2cc(Cl)ccc2C(C2CCN(C(=O)OC(C)(C)C)CC2)=C2NC=CC=C12. The van der Waals surface area contributed by atoms with Crippen molar-refractivity contribution in [3.05, 3.63) is 87.8 Å². The Morgan fingerprint density at radius 2 is 2.03 bits per heavy atom. The molecule has 1 aliphatic carbocycles. The molecule has 0 saturated carbocycles.